The van der Waals surface area contributed by atoms with Crippen LogP contribution >= 0.6 is 0 Å². The van der Waals surface area contributed by atoms with Crippen LogP contribution in [0.25, 0.3) is 22.3 Å². The van der Waals surface area contributed by atoms with Crippen LogP contribution < -0.4 is 21.3 Å². The standard InChI is InChI=1S/C53H41N5/c54-50(37-17-6-2-7-18-37)57-51(55-34-35-15-4-1-5-16-35)38-29-27-36(28-30-38)40-31-32-42-41-21-10-11-22-43(41)53(46(42)33-40)44-23-12-13-26-48(44)58-49-45(53)24-14-25-47(49)56-52(58)39-19-8-3-9-20-39/h1-33,51-52,55-56H,34H2,(H2,54,57). The fraction of sp³-hybridized carbons (Fsp3) is 0.0755. The topological polar surface area (TPSA) is 65.7 Å². The van der Waals surface area contributed by atoms with Gasteiger partial charge in [-0.1, -0.05) is 182 Å². The summed E-state index contributed by atoms with van der Waals surface area (Å²) in [6.45, 7) is 0.663. The molecule has 0 bridgehead atoms. The van der Waals surface area contributed by atoms with E-state index in [-0.39, 0.29) is 12.3 Å². The highest BCUT2D eigenvalue weighted by Gasteiger charge is 2.54. The van der Waals surface area contributed by atoms with E-state index in [1.807, 2.05) is 36.4 Å². The number of fused-ring (bicyclic) bond motifs is 9. The Labute approximate surface area is 339 Å². The van der Waals surface area contributed by atoms with Crippen molar-refractivity contribution < 1.29 is 0 Å². The zero-order valence-corrected chi connectivity index (χ0v) is 31.9. The lowest BCUT2D eigenvalue weighted by Gasteiger charge is -2.44. The predicted molar refractivity (Wildman–Crippen MR) is 237 cm³/mol. The van der Waals surface area contributed by atoms with Gasteiger partial charge in [-0.15, -0.1) is 0 Å². The molecule has 0 aromatic heterocycles. The third kappa shape index (κ3) is 5.32. The summed E-state index contributed by atoms with van der Waals surface area (Å²) in [5.41, 5.74) is 24.2. The molecule has 0 saturated heterocycles. The number of benzene rings is 8. The van der Waals surface area contributed by atoms with Gasteiger partial charge in [0.25, 0.3) is 0 Å². The maximum atomic E-state index is 6.61. The molecular formula is C53H41N5. The van der Waals surface area contributed by atoms with Gasteiger partial charge in [0.15, 0.2) is 0 Å². The first kappa shape index (κ1) is 34.1. The molecule has 278 valence electrons. The Morgan fingerprint density at radius 1 is 0.603 bits per heavy atom. The minimum atomic E-state index is -0.510. The second kappa shape index (κ2) is 13.8. The molecule has 1 spiro atoms. The Hall–Kier alpha value is -7.21. The lowest BCUT2D eigenvalue weighted by molar-refractivity contribution is 0.554. The van der Waals surface area contributed by atoms with Gasteiger partial charge in [-0.3, -0.25) is 5.32 Å². The first-order valence-corrected chi connectivity index (χ1v) is 20.0. The Morgan fingerprint density at radius 3 is 2.03 bits per heavy atom. The molecule has 0 fully saturated rings. The van der Waals surface area contributed by atoms with Crippen molar-refractivity contribution in [2.45, 2.75) is 24.3 Å². The molecule has 3 unspecified atom stereocenters. The highest BCUT2D eigenvalue weighted by Crippen LogP contribution is 2.66. The van der Waals surface area contributed by atoms with Gasteiger partial charge in [-0.25, -0.2) is 4.99 Å². The molecule has 1 aliphatic carbocycles. The highest BCUT2D eigenvalue weighted by molar-refractivity contribution is 5.99. The molecule has 0 radical (unpaired) electrons. The van der Waals surface area contributed by atoms with E-state index in [1.54, 1.807) is 0 Å². The van der Waals surface area contributed by atoms with Gasteiger partial charge in [-0.2, -0.15) is 0 Å². The van der Waals surface area contributed by atoms with Crippen LogP contribution in [0.4, 0.5) is 17.1 Å². The summed E-state index contributed by atoms with van der Waals surface area (Å²) in [5.74, 6) is 0.503. The Morgan fingerprint density at radius 2 is 1.24 bits per heavy atom. The molecule has 2 aliphatic heterocycles. The summed E-state index contributed by atoms with van der Waals surface area (Å²) < 4.78 is 0. The van der Waals surface area contributed by atoms with Gasteiger partial charge in [-0.05, 0) is 79.4 Å². The van der Waals surface area contributed by atoms with Gasteiger partial charge in [0, 0.05) is 17.8 Å². The van der Waals surface area contributed by atoms with E-state index in [9.17, 15) is 0 Å². The summed E-state index contributed by atoms with van der Waals surface area (Å²) in [6.07, 6.45) is -0.349. The summed E-state index contributed by atoms with van der Waals surface area (Å²) in [5, 5.41) is 7.59. The third-order valence-electron chi connectivity index (χ3n) is 12.2. The second-order valence-corrected chi connectivity index (χ2v) is 15.4. The van der Waals surface area contributed by atoms with E-state index in [2.05, 4.69) is 179 Å². The lowest BCUT2D eigenvalue weighted by atomic mass is 9.64. The highest BCUT2D eigenvalue weighted by atomic mass is 15.3. The fourth-order valence-corrected chi connectivity index (χ4v) is 9.60. The normalized spacial score (nSPS) is 17.6. The zero-order valence-electron chi connectivity index (χ0n) is 31.9. The first-order valence-electron chi connectivity index (χ1n) is 20.0. The number of rotatable bonds is 8. The van der Waals surface area contributed by atoms with Crippen molar-refractivity contribution in [1.82, 2.24) is 5.32 Å². The Kier molecular flexibility index (Phi) is 8.09. The van der Waals surface area contributed by atoms with Crippen molar-refractivity contribution >= 4 is 22.9 Å². The smallest absolute Gasteiger partial charge is 0.130 e. The van der Waals surface area contributed by atoms with Crippen molar-refractivity contribution in [2.24, 2.45) is 10.7 Å². The number of para-hydroxylation sites is 2. The van der Waals surface area contributed by atoms with Crippen LogP contribution in [0.15, 0.2) is 205 Å². The van der Waals surface area contributed by atoms with Crippen molar-refractivity contribution in [3.8, 4) is 22.3 Å². The summed E-state index contributed by atoms with van der Waals surface area (Å²) >= 11 is 0. The SMILES string of the molecule is N/C(=N\C(NCc1ccccc1)c1ccc(-c2ccc3c(c2)C2(c4ccccc4-3)c3ccccc3N3c4c(cccc42)NC3c2ccccc2)cc1)c1ccccc1. The number of nitrogens with one attached hydrogen (secondary N) is 2. The van der Waals surface area contributed by atoms with E-state index in [4.69, 9.17) is 10.7 Å². The van der Waals surface area contributed by atoms with E-state index in [1.165, 1.54) is 61.4 Å². The van der Waals surface area contributed by atoms with Crippen LogP contribution in [-0.2, 0) is 12.0 Å². The molecule has 5 nitrogen and oxygen atoms in total. The average Bonchev–Trinajstić information content (AvgIpc) is 3.83. The summed E-state index contributed by atoms with van der Waals surface area (Å²) in [6, 6.07) is 71.9. The van der Waals surface area contributed by atoms with E-state index < -0.39 is 5.41 Å². The number of hydrogen-bond donors (Lipinski definition) is 3. The number of hydrogen-bond acceptors (Lipinski definition) is 4. The van der Waals surface area contributed by atoms with Gasteiger partial charge in [0.05, 0.1) is 16.8 Å². The van der Waals surface area contributed by atoms with Gasteiger partial charge < -0.3 is 16.0 Å². The molecule has 0 saturated carbocycles. The van der Waals surface area contributed by atoms with Gasteiger partial charge in [0.1, 0.15) is 18.2 Å². The van der Waals surface area contributed by atoms with Crippen LogP contribution in [0, 0.1) is 0 Å². The molecular weight excluding hydrogens is 707 g/mol. The van der Waals surface area contributed by atoms with Gasteiger partial charge >= 0.3 is 0 Å². The van der Waals surface area contributed by atoms with E-state index >= 15 is 0 Å². The number of anilines is 3. The van der Waals surface area contributed by atoms with Crippen molar-refractivity contribution in [3.63, 3.8) is 0 Å². The van der Waals surface area contributed by atoms with E-state index in [0.717, 1.165) is 22.4 Å². The van der Waals surface area contributed by atoms with Gasteiger partial charge in [0.2, 0.25) is 0 Å². The quantitative estimate of drug-likeness (QED) is 0.107. The first-order chi connectivity index (χ1) is 28.7. The molecule has 11 rings (SSSR count). The average molecular weight is 748 g/mol. The molecule has 2 heterocycles. The van der Waals surface area contributed by atoms with E-state index in [0.29, 0.717) is 12.4 Å². The van der Waals surface area contributed by atoms with Crippen LogP contribution in [0.3, 0.4) is 0 Å². The zero-order chi connectivity index (χ0) is 38.6. The van der Waals surface area contributed by atoms with Crippen molar-refractivity contribution in [3.05, 3.63) is 245 Å². The lowest BCUT2D eigenvalue weighted by Crippen LogP contribution is -2.37. The second-order valence-electron chi connectivity index (χ2n) is 15.4. The number of nitrogens with zero attached hydrogens (tertiary/aromatic N) is 2. The predicted octanol–water partition coefficient (Wildman–Crippen LogP) is 11.5. The van der Waals surface area contributed by atoms with Crippen molar-refractivity contribution in [2.75, 3.05) is 10.2 Å². The molecule has 3 atom stereocenters. The monoisotopic (exact) mass is 747 g/mol. The van der Waals surface area contributed by atoms with Crippen LogP contribution in [0.5, 0.6) is 0 Å². The third-order valence-corrected chi connectivity index (χ3v) is 12.2. The van der Waals surface area contributed by atoms with Crippen LogP contribution in [0.1, 0.15) is 56.8 Å². The number of nitrogens with two attached hydrogens (primary N) is 1. The maximum Gasteiger partial charge on any atom is 0.130 e. The number of aliphatic imine (C=N–C) groups is 1. The molecule has 3 aliphatic rings. The molecule has 58 heavy (non-hydrogen) atoms. The van der Waals surface area contributed by atoms with Crippen LogP contribution in [-0.4, -0.2) is 5.84 Å². The largest absolute Gasteiger partial charge is 0.383 e. The van der Waals surface area contributed by atoms with Crippen molar-refractivity contribution in [1.29, 1.82) is 0 Å². The molecule has 8 aromatic rings. The molecule has 8 aromatic carbocycles. The molecule has 5 heteroatoms. The summed E-state index contributed by atoms with van der Waals surface area (Å²) in [7, 11) is 0. The Bertz CT molecular complexity index is 2830. The minimum absolute atomic E-state index is 0.0183. The molecule has 4 N–H and O–H groups in total. The number of amidine groups is 1. The Balaban J connectivity index is 1.03. The summed E-state index contributed by atoms with van der Waals surface area (Å²) in [4.78, 5) is 7.55. The van der Waals surface area contributed by atoms with Crippen LogP contribution in [0.2, 0.25) is 0 Å². The molecule has 0 amide bonds. The minimum Gasteiger partial charge on any atom is -0.383 e. The fourth-order valence-electron chi connectivity index (χ4n) is 9.60. The maximum absolute atomic E-state index is 6.61.